The Hall–Kier alpha value is -3.15. The summed E-state index contributed by atoms with van der Waals surface area (Å²) in [6, 6.07) is 11.3. The number of carbonyl (C=O) groups excluding carboxylic acids is 2. The van der Waals surface area contributed by atoms with Gasteiger partial charge >= 0.3 is 0 Å². The van der Waals surface area contributed by atoms with Crippen molar-refractivity contribution >= 4 is 23.0 Å². The zero-order chi connectivity index (χ0) is 20.4. The number of nitrogens with one attached hydrogen (secondary N) is 1. The molecule has 1 aliphatic heterocycles. The van der Waals surface area contributed by atoms with E-state index < -0.39 is 0 Å². The normalized spacial score (nSPS) is 14.6. The van der Waals surface area contributed by atoms with Crippen molar-refractivity contribution in [3.05, 3.63) is 65.2 Å². The quantitative estimate of drug-likeness (QED) is 0.728. The number of aromatic nitrogens is 2. The first-order valence-electron chi connectivity index (χ1n) is 10.2. The summed E-state index contributed by atoms with van der Waals surface area (Å²) in [5.74, 6) is -0.127. The van der Waals surface area contributed by atoms with Gasteiger partial charge in [-0.2, -0.15) is 0 Å². The summed E-state index contributed by atoms with van der Waals surface area (Å²) in [7, 11) is 0. The lowest BCUT2D eigenvalue weighted by Crippen LogP contribution is -2.33. The van der Waals surface area contributed by atoms with Crippen LogP contribution in [-0.4, -0.2) is 39.2 Å². The fourth-order valence-corrected chi connectivity index (χ4v) is 3.78. The Morgan fingerprint density at radius 2 is 1.72 bits per heavy atom. The monoisotopic (exact) mass is 390 g/mol. The number of amides is 2. The molecule has 2 aromatic heterocycles. The number of pyridine rings is 1. The first-order chi connectivity index (χ1) is 14.0. The number of hydrogen-bond acceptors (Lipinski definition) is 3. The minimum atomic E-state index is -0.313. The molecule has 0 spiro atoms. The number of aryl methyl sites for hydroxylation is 2. The van der Waals surface area contributed by atoms with Crippen molar-refractivity contribution in [2.45, 2.75) is 39.5 Å². The van der Waals surface area contributed by atoms with E-state index in [4.69, 9.17) is 0 Å². The van der Waals surface area contributed by atoms with Crippen molar-refractivity contribution < 1.29 is 9.59 Å². The zero-order valence-electron chi connectivity index (χ0n) is 16.9. The summed E-state index contributed by atoms with van der Waals surface area (Å²) in [5, 5.41) is 2.92. The number of imidazole rings is 1. The van der Waals surface area contributed by atoms with E-state index in [9.17, 15) is 9.59 Å². The molecule has 29 heavy (non-hydrogen) atoms. The van der Waals surface area contributed by atoms with Crippen molar-refractivity contribution in [2.24, 2.45) is 0 Å². The van der Waals surface area contributed by atoms with E-state index >= 15 is 0 Å². The van der Waals surface area contributed by atoms with Crippen LogP contribution in [0, 0.1) is 13.8 Å². The standard InChI is InChI=1S/C23H26N4O2/c1-16-10-11-18(15-17(16)2)24-22(28)20-19-9-5-8-14-27(19)21(25-20)23(29)26-12-6-3-4-7-13-26/h5,8-11,14-15H,3-4,6-7,12-13H2,1-2H3,(H,24,28). The highest BCUT2D eigenvalue weighted by atomic mass is 16.2. The molecule has 0 radical (unpaired) electrons. The van der Waals surface area contributed by atoms with Crippen LogP contribution in [0.25, 0.3) is 5.52 Å². The van der Waals surface area contributed by atoms with Gasteiger partial charge in [-0.05, 0) is 62.1 Å². The van der Waals surface area contributed by atoms with Crippen LogP contribution < -0.4 is 5.32 Å². The summed E-state index contributed by atoms with van der Waals surface area (Å²) >= 11 is 0. The molecule has 1 fully saturated rings. The lowest BCUT2D eigenvalue weighted by Gasteiger charge is -2.19. The summed E-state index contributed by atoms with van der Waals surface area (Å²) in [5.41, 5.74) is 3.89. The molecule has 6 nitrogen and oxygen atoms in total. The van der Waals surface area contributed by atoms with Gasteiger partial charge in [0.1, 0.15) is 0 Å². The van der Waals surface area contributed by atoms with E-state index in [0.29, 0.717) is 11.3 Å². The molecule has 2 amide bonds. The molecule has 0 saturated carbocycles. The molecule has 3 aromatic rings. The van der Waals surface area contributed by atoms with Crippen molar-refractivity contribution in [2.75, 3.05) is 18.4 Å². The Morgan fingerprint density at radius 3 is 2.45 bits per heavy atom. The average Bonchev–Trinajstić information content (AvgIpc) is 2.90. The second-order valence-corrected chi connectivity index (χ2v) is 7.70. The van der Waals surface area contributed by atoms with Crippen LogP contribution in [0.5, 0.6) is 0 Å². The molecule has 1 aliphatic rings. The van der Waals surface area contributed by atoms with Gasteiger partial charge in [0.15, 0.2) is 5.69 Å². The van der Waals surface area contributed by atoms with Gasteiger partial charge in [0.25, 0.3) is 11.8 Å². The van der Waals surface area contributed by atoms with E-state index in [1.54, 1.807) is 10.6 Å². The lowest BCUT2D eigenvalue weighted by atomic mass is 10.1. The summed E-state index contributed by atoms with van der Waals surface area (Å²) in [4.78, 5) is 32.5. The van der Waals surface area contributed by atoms with Gasteiger partial charge in [0.05, 0.1) is 5.52 Å². The molecular weight excluding hydrogens is 364 g/mol. The molecule has 6 heteroatoms. The van der Waals surface area contributed by atoms with Crippen LogP contribution in [-0.2, 0) is 0 Å². The van der Waals surface area contributed by atoms with Crippen LogP contribution in [0.4, 0.5) is 5.69 Å². The molecule has 1 aromatic carbocycles. The molecule has 0 bridgehead atoms. The molecule has 150 valence electrons. The Balaban J connectivity index is 1.67. The zero-order valence-corrected chi connectivity index (χ0v) is 16.9. The first kappa shape index (κ1) is 19.2. The summed E-state index contributed by atoms with van der Waals surface area (Å²) < 4.78 is 1.72. The maximum atomic E-state index is 13.2. The molecular formula is C23H26N4O2. The highest BCUT2D eigenvalue weighted by Gasteiger charge is 2.25. The Bertz CT molecular complexity index is 1060. The number of carbonyl (C=O) groups is 2. The fraction of sp³-hybridized carbons (Fsp3) is 0.348. The Kier molecular flexibility index (Phi) is 5.34. The topological polar surface area (TPSA) is 66.7 Å². The third-order valence-corrected chi connectivity index (χ3v) is 5.61. The molecule has 3 heterocycles. The second kappa shape index (κ2) is 8.07. The average molecular weight is 390 g/mol. The largest absolute Gasteiger partial charge is 0.336 e. The van der Waals surface area contributed by atoms with Crippen molar-refractivity contribution in [1.29, 1.82) is 0 Å². The van der Waals surface area contributed by atoms with E-state index in [0.717, 1.165) is 50.0 Å². The third kappa shape index (κ3) is 3.88. The van der Waals surface area contributed by atoms with Crippen LogP contribution in [0.3, 0.4) is 0 Å². The Morgan fingerprint density at radius 1 is 0.966 bits per heavy atom. The van der Waals surface area contributed by atoms with Crippen LogP contribution in [0.2, 0.25) is 0 Å². The Labute approximate surface area is 170 Å². The van der Waals surface area contributed by atoms with Gasteiger partial charge < -0.3 is 10.2 Å². The summed E-state index contributed by atoms with van der Waals surface area (Å²) in [6.45, 7) is 5.52. The number of hydrogen-bond donors (Lipinski definition) is 1. The number of rotatable bonds is 3. The fourth-order valence-electron chi connectivity index (χ4n) is 3.78. The lowest BCUT2D eigenvalue weighted by molar-refractivity contribution is 0.0748. The molecule has 0 aliphatic carbocycles. The van der Waals surface area contributed by atoms with E-state index in [2.05, 4.69) is 10.3 Å². The van der Waals surface area contributed by atoms with Crippen molar-refractivity contribution in [3.8, 4) is 0 Å². The summed E-state index contributed by atoms with van der Waals surface area (Å²) in [6.07, 6.45) is 6.11. The van der Waals surface area contributed by atoms with Gasteiger partial charge in [-0.3, -0.25) is 14.0 Å². The highest BCUT2D eigenvalue weighted by Crippen LogP contribution is 2.20. The molecule has 1 saturated heterocycles. The van der Waals surface area contributed by atoms with Gasteiger partial charge in [0, 0.05) is 25.0 Å². The number of likely N-dealkylation sites (tertiary alicyclic amines) is 1. The minimum absolute atomic E-state index is 0.113. The van der Waals surface area contributed by atoms with E-state index in [1.807, 2.05) is 55.1 Å². The number of fused-ring (bicyclic) bond motifs is 1. The van der Waals surface area contributed by atoms with Crippen LogP contribution in [0.15, 0.2) is 42.6 Å². The third-order valence-electron chi connectivity index (χ3n) is 5.61. The second-order valence-electron chi connectivity index (χ2n) is 7.70. The number of benzene rings is 1. The number of nitrogens with zero attached hydrogens (tertiary/aromatic N) is 3. The number of anilines is 1. The van der Waals surface area contributed by atoms with Crippen molar-refractivity contribution in [1.82, 2.24) is 14.3 Å². The molecule has 0 unspecified atom stereocenters. The predicted octanol–water partition coefficient (Wildman–Crippen LogP) is 4.22. The SMILES string of the molecule is Cc1ccc(NC(=O)c2nc(C(=O)N3CCCCCC3)n3ccccc23)cc1C. The first-order valence-corrected chi connectivity index (χ1v) is 10.2. The predicted molar refractivity (Wildman–Crippen MR) is 113 cm³/mol. The maximum absolute atomic E-state index is 13.2. The molecule has 0 atom stereocenters. The van der Waals surface area contributed by atoms with Gasteiger partial charge in [-0.25, -0.2) is 4.98 Å². The maximum Gasteiger partial charge on any atom is 0.290 e. The highest BCUT2D eigenvalue weighted by molar-refractivity contribution is 6.09. The van der Waals surface area contributed by atoms with Crippen LogP contribution >= 0.6 is 0 Å². The molecule has 1 N–H and O–H groups in total. The van der Waals surface area contributed by atoms with E-state index in [1.165, 1.54) is 5.56 Å². The minimum Gasteiger partial charge on any atom is -0.336 e. The van der Waals surface area contributed by atoms with Crippen molar-refractivity contribution in [3.63, 3.8) is 0 Å². The van der Waals surface area contributed by atoms with Gasteiger partial charge in [0.2, 0.25) is 5.82 Å². The van der Waals surface area contributed by atoms with Gasteiger partial charge in [-0.1, -0.05) is 25.0 Å². The van der Waals surface area contributed by atoms with Crippen LogP contribution in [0.1, 0.15) is 57.9 Å². The van der Waals surface area contributed by atoms with Gasteiger partial charge in [-0.15, -0.1) is 0 Å². The molecule has 4 rings (SSSR count). The smallest absolute Gasteiger partial charge is 0.290 e. The van der Waals surface area contributed by atoms with E-state index in [-0.39, 0.29) is 17.5 Å².